The first-order valence-corrected chi connectivity index (χ1v) is 24.1. The van der Waals surface area contributed by atoms with E-state index in [1.54, 1.807) is 6.92 Å². The van der Waals surface area contributed by atoms with E-state index in [0.29, 0.717) is 83.8 Å². The van der Waals surface area contributed by atoms with Gasteiger partial charge in [0.25, 0.3) is 0 Å². The van der Waals surface area contributed by atoms with Gasteiger partial charge >= 0.3 is 12.1 Å². The smallest absolute Gasteiger partial charge is 0.408 e. The lowest BCUT2D eigenvalue weighted by Gasteiger charge is -2.55. The Morgan fingerprint density at radius 3 is 2.19 bits per heavy atom. The van der Waals surface area contributed by atoms with Gasteiger partial charge in [-0.3, -0.25) is 9.59 Å². The zero-order chi connectivity index (χ0) is 45.4. The summed E-state index contributed by atoms with van der Waals surface area (Å²) in [5, 5.41) is 36.0. The van der Waals surface area contributed by atoms with Gasteiger partial charge < -0.3 is 53.8 Å². The predicted octanol–water partition coefficient (Wildman–Crippen LogP) is 7.10. The van der Waals surface area contributed by atoms with Crippen LogP contribution in [-0.2, 0) is 42.7 Å². The number of ketones is 1. The van der Waals surface area contributed by atoms with Crippen LogP contribution in [0.4, 0.5) is 4.79 Å². The van der Waals surface area contributed by atoms with Crippen LogP contribution in [0.3, 0.4) is 0 Å². The molecular formula is C48H79NO13. The van der Waals surface area contributed by atoms with Gasteiger partial charge in [0, 0.05) is 42.9 Å². The Balaban J connectivity index is 1.23. The van der Waals surface area contributed by atoms with E-state index in [2.05, 4.69) is 26.1 Å². The van der Waals surface area contributed by atoms with Crippen molar-refractivity contribution >= 4 is 17.8 Å². The Morgan fingerprint density at radius 2 is 1.56 bits per heavy atom. The predicted molar refractivity (Wildman–Crippen MR) is 230 cm³/mol. The number of carbonyl (C=O) groups is 3. The van der Waals surface area contributed by atoms with E-state index in [-0.39, 0.29) is 35.7 Å². The standard InChI is InChI=1S/C48H79NO13/c1-11-34(43(52)53)36-15-14-27(4)41(59-36)31(8)39(50)30(7)40(51)35(12-2)42-28(5)26-29(6)47(60-42)21-16-37(49-44(54)58-33-18-24-56-25-19-33)48(62-47)23-22-45(10,61-48)38-17-20-46(55,13-3)32(9)57-38/h16,21,27-39,41-42,50,55H,11-15,17-20,22-26H2,1-10H3,(H,49,54)(H,52,53)/t27-,28-,29+,30-,31-,32-,34+,35-,36+,37+,38+,39+,41+,42-,45-,46+,47-,48-/m0/s1. The van der Waals surface area contributed by atoms with Crippen molar-refractivity contribution in [2.75, 3.05) is 13.2 Å². The number of ether oxygens (including phenoxy) is 7. The molecule has 14 nitrogen and oxygen atoms in total. The number of Topliss-reactive ketones (excluding diaryl/α,β-unsaturated/α-hetero) is 1. The number of aliphatic carboxylic acids is 1. The molecule has 0 aliphatic carbocycles. The van der Waals surface area contributed by atoms with Crippen LogP contribution in [0, 0.1) is 41.4 Å². The van der Waals surface area contributed by atoms with Gasteiger partial charge in [0.2, 0.25) is 0 Å². The number of carboxylic acids is 1. The van der Waals surface area contributed by atoms with Crippen molar-refractivity contribution in [2.45, 2.75) is 218 Å². The third-order valence-corrected chi connectivity index (χ3v) is 16.2. The second kappa shape index (κ2) is 19.7. The average molecular weight is 878 g/mol. The summed E-state index contributed by atoms with van der Waals surface area (Å²) in [6.07, 6.45) is 6.75. The number of hydrogen-bond acceptors (Lipinski definition) is 12. The SMILES string of the molecule is CC[C@@H](C(=O)[C@@H](C)[C@@H](O)[C@H](C)[C@@H]1O[C@@H]([C@@H](CC)C(=O)O)CC[C@@H]1C)[C@H]1O[C@]2(C=C[C@@H](NC(=O)OC3CCOCC3)[C@]3(CC[C@@](C)([C@H]4CC[C@](O)(CC)[C@H](C)O4)O3)O2)[C@H](C)C[C@@H]1C. The van der Waals surface area contributed by atoms with E-state index in [1.807, 2.05) is 53.7 Å². The molecule has 0 aromatic carbocycles. The van der Waals surface area contributed by atoms with Gasteiger partial charge in [-0.2, -0.15) is 0 Å². The van der Waals surface area contributed by atoms with Crippen molar-refractivity contribution < 1.29 is 62.9 Å². The lowest BCUT2D eigenvalue weighted by atomic mass is 9.72. The fourth-order valence-corrected chi connectivity index (χ4v) is 11.8. The van der Waals surface area contributed by atoms with Gasteiger partial charge in [-0.05, 0) is 89.5 Å². The number of carbonyl (C=O) groups excluding carboxylic acids is 2. The Hall–Kier alpha value is -2.17. The van der Waals surface area contributed by atoms with Crippen LogP contribution in [0.25, 0.3) is 0 Å². The molecule has 62 heavy (non-hydrogen) atoms. The maximum absolute atomic E-state index is 14.7. The Morgan fingerprint density at radius 1 is 0.871 bits per heavy atom. The minimum atomic E-state index is -1.38. The van der Waals surface area contributed by atoms with Gasteiger partial charge in [-0.1, -0.05) is 61.5 Å². The summed E-state index contributed by atoms with van der Waals surface area (Å²) in [5.74, 6) is -6.12. The van der Waals surface area contributed by atoms with Gasteiger partial charge in [0.15, 0.2) is 11.6 Å². The van der Waals surface area contributed by atoms with Crippen LogP contribution in [-0.4, -0.2) is 118 Å². The first kappa shape index (κ1) is 49.3. The van der Waals surface area contributed by atoms with Crippen LogP contribution >= 0.6 is 0 Å². The molecule has 6 aliphatic heterocycles. The van der Waals surface area contributed by atoms with E-state index in [0.717, 1.165) is 6.42 Å². The number of carboxylic acid groups (broad SMARTS) is 1. The van der Waals surface area contributed by atoms with E-state index in [4.69, 9.17) is 33.2 Å². The highest BCUT2D eigenvalue weighted by Gasteiger charge is 2.63. The Kier molecular flexibility index (Phi) is 15.7. The molecular weight excluding hydrogens is 799 g/mol. The van der Waals surface area contributed by atoms with Crippen molar-refractivity contribution in [3.8, 4) is 0 Å². The van der Waals surface area contributed by atoms with Crippen molar-refractivity contribution in [1.82, 2.24) is 5.32 Å². The summed E-state index contributed by atoms with van der Waals surface area (Å²) < 4.78 is 45.9. The van der Waals surface area contributed by atoms with Gasteiger partial charge in [0.1, 0.15) is 17.9 Å². The molecule has 0 aromatic heterocycles. The second-order valence-corrected chi connectivity index (χ2v) is 20.3. The summed E-state index contributed by atoms with van der Waals surface area (Å²) in [6, 6.07) is -0.739. The molecule has 5 saturated heterocycles. The molecule has 0 bridgehead atoms. The van der Waals surface area contributed by atoms with Gasteiger partial charge in [-0.15, -0.1) is 0 Å². The molecule has 18 atom stereocenters. The number of rotatable bonds is 14. The third kappa shape index (κ3) is 9.83. The average Bonchev–Trinajstić information content (AvgIpc) is 3.59. The molecule has 0 aromatic rings. The molecule has 14 heteroatoms. The summed E-state index contributed by atoms with van der Waals surface area (Å²) in [4.78, 5) is 40.3. The zero-order valence-electron chi connectivity index (χ0n) is 39.1. The highest BCUT2D eigenvalue weighted by atomic mass is 16.8. The zero-order valence-corrected chi connectivity index (χ0v) is 39.1. The monoisotopic (exact) mass is 878 g/mol. The van der Waals surface area contributed by atoms with Crippen LogP contribution in [0.15, 0.2) is 12.2 Å². The lowest BCUT2D eigenvalue weighted by Crippen LogP contribution is -2.66. The van der Waals surface area contributed by atoms with E-state index in [9.17, 15) is 29.7 Å². The highest BCUT2D eigenvalue weighted by molar-refractivity contribution is 5.84. The summed E-state index contributed by atoms with van der Waals surface area (Å²) in [5.41, 5.74) is -1.74. The number of alkyl carbamates (subject to hydrolysis) is 1. The molecule has 6 aliphatic rings. The van der Waals surface area contributed by atoms with Crippen LogP contribution in [0.2, 0.25) is 0 Å². The van der Waals surface area contributed by atoms with Crippen molar-refractivity contribution in [2.24, 2.45) is 41.4 Å². The first-order valence-electron chi connectivity index (χ1n) is 24.1. The first-order chi connectivity index (χ1) is 29.3. The minimum Gasteiger partial charge on any atom is -0.481 e. The number of aliphatic hydroxyl groups excluding tert-OH is 1. The van der Waals surface area contributed by atoms with E-state index in [1.165, 1.54) is 0 Å². The highest BCUT2D eigenvalue weighted by Crippen LogP contribution is 2.54. The third-order valence-electron chi connectivity index (χ3n) is 16.2. The number of nitrogens with one attached hydrogen (secondary N) is 1. The number of amides is 1. The lowest BCUT2D eigenvalue weighted by molar-refractivity contribution is -0.398. The Bertz CT molecular complexity index is 1590. The fourth-order valence-electron chi connectivity index (χ4n) is 11.8. The molecule has 0 saturated carbocycles. The molecule has 4 N–H and O–H groups in total. The maximum Gasteiger partial charge on any atom is 0.408 e. The normalized spacial score (nSPS) is 42.8. The topological polar surface area (TPSA) is 189 Å². The van der Waals surface area contributed by atoms with Crippen molar-refractivity contribution in [1.29, 1.82) is 0 Å². The summed E-state index contributed by atoms with van der Waals surface area (Å²) in [6.45, 7) is 20.7. The number of aliphatic hydroxyl groups is 2. The van der Waals surface area contributed by atoms with Crippen LogP contribution in [0.1, 0.15) is 146 Å². The molecule has 5 fully saturated rings. The fraction of sp³-hybridized carbons (Fsp3) is 0.896. The van der Waals surface area contributed by atoms with Crippen LogP contribution < -0.4 is 5.32 Å². The van der Waals surface area contributed by atoms with E-state index >= 15 is 0 Å². The molecule has 6 heterocycles. The molecule has 0 unspecified atom stereocenters. The molecule has 6 rings (SSSR count). The summed E-state index contributed by atoms with van der Waals surface area (Å²) in [7, 11) is 0. The van der Waals surface area contributed by atoms with Crippen molar-refractivity contribution in [3.05, 3.63) is 12.2 Å². The molecule has 1 amide bonds. The molecule has 354 valence electrons. The number of hydrogen-bond donors (Lipinski definition) is 4. The summed E-state index contributed by atoms with van der Waals surface area (Å²) >= 11 is 0. The van der Waals surface area contributed by atoms with Crippen molar-refractivity contribution in [3.63, 3.8) is 0 Å². The maximum atomic E-state index is 14.7. The molecule has 0 radical (unpaired) electrons. The van der Waals surface area contributed by atoms with Gasteiger partial charge in [0.05, 0.1) is 67.0 Å². The second-order valence-electron chi connectivity index (χ2n) is 20.3. The Labute approximate surface area is 369 Å². The largest absolute Gasteiger partial charge is 0.481 e. The minimum absolute atomic E-state index is 0.0294. The quantitative estimate of drug-likeness (QED) is 0.130. The van der Waals surface area contributed by atoms with E-state index < -0.39 is 95.1 Å². The van der Waals surface area contributed by atoms with Gasteiger partial charge in [-0.25, -0.2) is 4.79 Å². The van der Waals surface area contributed by atoms with Crippen LogP contribution in [0.5, 0.6) is 0 Å². The molecule has 2 spiro atoms.